The summed E-state index contributed by atoms with van der Waals surface area (Å²) < 4.78 is 22.3. The maximum Gasteiger partial charge on any atom is 0.231 e. The van der Waals surface area contributed by atoms with E-state index in [-0.39, 0.29) is 32.3 Å². The van der Waals surface area contributed by atoms with Crippen LogP contribution in [0.15, 0.2) is 24.3 Å². The first kappa shape index (κ1) is 15.6. The van der Waals surface area contributed by atoms with Gasteiger partial charge < -0.3 is 29.2 Å². The predicted octanol–water partition coefficient (Wildman–Crippen LogP) is 1.65. The Morgan fingerprint density at radius 1 is 0.963 bits per heavy atom. The van der Waals surface area contributed by atoms with E-state index in [0.717, 1.165) is 45.3 Å². The van der Waals surface area contributed by atoms with Gasteiger partial charge in [0.2, 0.25) is 13.6 Å². The molecule has 0 saturated carbocycles. The summed E-state index contributed by atoms with van der Waals surface area (Å²) in [7, 11) is 0. The van der Waals surface area contributed by atoms with Crippen LogP contribution in [0.5, 0.6) is 23.0 Å². The topological polar surface area (TPSA) is 80.6 Å². The third kappa shape index (κ3) is 2.07. The summed E-state index contributed by atoms with van der Waals surface area (Å²) >= 11 is 0. The Hall–Kier alpha value is -2.48. The Kier molecular flexibility index (Phi) is 3.18. The van der Waals surface area contributed by atoms with Crippen molar-refractivity contribution >= 4 is 0 Å². The van der Waals surface area contributed by atoms with Gasteiger partial charge in [0.05, 0.1) is 12.8 Å². The molecule has 0 spiro atoms. The monoisotopic (exact) mass is 369 g/mol. The number of rotatable bonds is 1. The third-order valence-corrected chi connectivity index (χ3v) is 6.11. The first-order valence-corrected chi connectivity index (χ1v) is 9.11. The van der Waals surface area contributed by atoms with E-state index in [0.29, 0.717) is 13.0 Å². The molecular formula is C20H19NO6. The van der Waals surface area contributed by atoms with Crippen LogP contribution in [0.1, 0.15) is 34.2 Å². The summed E-state index contributed by atoms with van der Waals surface area (Å²) in [6.45, 7) is 0.824. The smallest absolute Gasteiger partial charge is 0.231 e. The molecule has 0 fully saturated rings. The van der Waals surface area contributed by atoms with Crippen molar-refractivity contribution in [3.63, 3.8) is 0 Å². The largest absolute Gasteiger partial charge is 0.454 e. The molecule has 2 aromatic rings. The summed E-state index contributed by atoms with van der Waals surface area (Å²) in [6, 6.07) is 7.76. The third-order valence-electron chi connectivity index (χ3n) is 6.11. The molecule has 27 heavy (non-hydrogen) atoms. The lowest BCUT2D eigenvalue weighted by Gasteiger charge is -2.47. The van der Waals surface area contributed by atoms with Gasteiger partial charge in [-0.15, -0.1) is 0 Å². The molecule has 0 radical (unpaired) electrons. The number of hydrogen-bond donors (Lipinski definition) is 2. The summed E-state index contributed by atoms with van der Waals surface area (Å²) in [4.78, 5) is 1.97. The van der Waals surface area contributed by atoms with E-state index >= 15 is 0 Å². The van der Waals surface area contributed by atoms with E-state index in [1.807, 2.05) is 29.2 Å². The molecule has 6 rings (SSSR count). The molecule has 2 aromatic carbocycles. The van der Waals surface area contributed by atoms with Gasteiger partial charge in [-0.25, -0.2) is 0 Å². The number of nitrogens with zero attached hydrogens (tertiary/aromatic N) is 1. The van der Waals surface area contributed by atoms with Crippen LogP contribution in [0.25, 0.3) is 0 Å². The molecule has 4 aliphatic rings. The Morgan fingerprint density at radius 3 is 2.59 bits per heavy atom. The van der Waals surface area contributed by atoms with Crippen LogP contribution < -0.4 is 18.9 Å². The zero-order chi connectivity index (χ0) is 18.1. The van der Waals surface area contributed by atoms with Crippen LogP contribution in [0, 0.1) is 0 Å². The van der Waals surface area contributed by atoms with Gasteiger partial charge in [0.25, 0.3) is 0 Å². The molecule has 7 nitrogen and oxygen atoms in total. The van der Waals surface area contributed by atoms with E-state index < -0.39 is 6.10 Å². The molecule has 3 unspecified atom stereocenters. The number of benzene rings is 2. The maximum atomic E-state index is 11.1. The van der Waals surface area contributed by atoms with Gasteiger partial charge in [-0.05, 0) is 41.3 Å². The van der Waals surface area contributed by atoms with Crippen molar-refractivity contribution < 1.29 is 29.2 Å². The lowest BCUT2D eigenvalue weighted by molar-refractivity contribution is -0.00233. The molecule has 140 valence electrons. The Labute approximate surface area is 155 Å². The Balaban J connectivity index is 1.54. The van der Waals surface area contributed by atoms with Gasteiger partial charge in [-0.3, -0.25) is 4.90 Å². The minimum Gasteiger partial charge on any atom is -0.454 e. The zero-order valence-corrected chi connectivity index (χ0v) is 14.6. The summed E-state index contributed by atoms with van der Waals surface area (Å²) in [5.74, 6) is 2.73. The second-order valence-electron chi connectivity index (χ2n) is 7.40. The molecule has 7 heteroatoms. The fourth-order valence-corrected chi connectivity index (χ4v) is 4.97. The molecule has 1 aliphatic carbocycles. The lowest BCUT2D eigenvalue weighted by atomic mass is 9.70. The van der Waals surface area contributed by atoms with Gasteiger partial charge in [0.1, 0.15) is 0 Å². The molecule has 3 heterocycles. The average molecular weight is 369 g/mol. The quantitative estimate of drug-likeness (QED) is 0.791. The molecular weight excluding hydrogens is 350 g/mol. The van der Waals surface area contributed by atoms with Gasteiger partial charge in [-0.2, -0.15) is 0 Å². The standard InChI is InChI=1S/C20H19NO6/c22-7-21-6-13-11(1-2-15-20(13)27-9-24-15)18-14(23)3-10-4-16-17(26-8-25-16)5-12(10)19(18)21/h1-2,4-5,14,18-19,22-23H,3,6-9H2. The SMILES string of the molecule is OCN1Cc2c(ccc3c2OCO3)C2C(O)Cc3cc4c(cc3C21)OCO4. The lowest BCUT2D eigenvalue weighted by Crippen LogP contribution is -2.45. The first-order chi connectivity index (χ1) is 13.2. The highest BCUT2D eigenvalue weighted by atomic mass is 16.7. The number of fused-ring (bicyclic) bond motifs is 8. The van der Waals surface area contributed by atoms with Gasteiger partial charge in [0, 0.05) is 24.1 Å². The van der Waals surface area contributed by atoms with Crippen molar-refractivity contribution in [2.45, 2.75) is 31.0 Å². The normalized spacial score (nSPS) is 27.1. The molecule has 2 N–H and O–H groups in total. The van der Waals surface area contributed by atoms with Crippen LogP contribution >= 0.6 is 0 Å². The van der Waals surface area contributed by atoms with Crippen molar-refractivity contribution in [3.8, 4) is 23.0 Å². The fraction of sp³-hybridized carbons (Fsp3) is 0.400. The Morgan fingerprint density at radius 2 is 1.74 bits per heavy atom. The van der Waals surface area contributed by atoms with Crippen LogP contribution in [0.4, 0.5) is 0 Å². The predicted molar refractivity (Wildman–Crippen MR) is 93.0 cm³/mol. The van der Waals surface area contributed by atoms with Crippen molar-refractivity contribution in [2.24, 2.45) is 0 Å². The number of hydrogen-bond acceptors (Lipinski definition) is 7. The van der Waals surface area contributed by atoms with Crippen LogP contribution in [-0.2, 0) is 13.0 Å². The van der Waals surface area contributed by atoms with Gasteiger partial charge in [-0.1, -0.05) is 6.07 Å². The van der Waals surface area contributed by atoms with Crippen molar-refractivity contribution in [1.29, 1.82) is 0 Å². The zero-order valence-electron chi connectivity index (χ0n) is 14.6. The maximum absolute atomic E-state index is 11.1. The van der Waals surface area contributed by atoms with Crippen molar-refractivity contribution in [2.75, 3.05) is 20.3 Å². The average Bonchev–Trinajstić information content (AvgIpc) is 3.34. The summed E-state index contributed by atoms with van der Waals surface area (Å²) in [6.07, 6.45) is -0.0448. The molecule has 0 saturated heterocycles. The van der Waals surface area contributed by atoms with Crippen molar-refractivity contribution in [3.05, 3.63) is 46.5 Å². The molecule has 0 amide bonds. The number of aliphatic hydroxyl groups excluding tert-OH is 2. The Bertz CT molecular complexity index is 945. The van der Waals surface area contributed by atoms with Crippen LogP contribution in [0.3, 0.4) is 0 Å². The van der Waals surface area contributed by atoms with Crippen molar-refractivity contribution in [1.82, 2.24) is 4.90 Å². The van der Waals surface area contributed by atoms with Gasteiger partial charge >= 0.3 is 0 Å². The molecule has 3 atom stereocenters. The van der Waals surface area contributed by atoms with E-state index in [2.05, 4.69) is 0 Å². The van der Waals surface area contributed by atoms with E-state index in [9.17, 15) is 10.2 Å². The molecule has 3 aliphatic heterocycles. The van der Waals surface area contributed by atoms with Crippen LogP contribution in [-0.4, -0.2) is 41.5 Å². The highest BCUT2D eigenvalue weighted by Crippen LogP contribution is 2.54. The highest BCUT2D eigenvalue weighted by Gasteiger charge is 2.46. The van der Waals surface area contributed by atoms with E-state index in [4.69, 9.17) is 18.9 Å². The molecule has 0 aromatic heterocycles. The second-order valence-corrected chi connectivity index (χ2v) is 7.40. The van der Waals surface area contributed by atoms with E-state index in [1.165, 1.54) is 0 Å². The first-order valence-electron chi connectivity index (χ1n) is 9.11. The number of aliphatic hydroxyl groups is 2. The van der Waals surface area contributed by atoms with Gasteiger partial charge in [0.15, 0.2) is 23.0 Å². The second kappa shape index (κ2) is 5.51. The minimum atomic E-state index is -0.573. The summed E-state index contributed by atoms with van der Waals surface area (Å²) in [5, 5.41) is 21.2. The number of ether oxygens (including phenoxy) is 4. The highest BCUT2D eigenvalue weighted by molar-refractivity contribution is 5.58. The molecule has 0 bridgehead atoms. The minimum absolute atomic E-state index is 0.119. The fourth-order valence-electron chi connectivity index (χ4n) is 4.97. The van der Waals surface area contributed by atoms with E-state index in [1.54, 1.807) is 0 Å². The summed E-state index contributed by atoms with van der Waals surface area (Å²) in [5.41, 5.74) is 4.16. The van der Waals surface area contributed by atoms with Crippen LogP contribution in [0.2, 0.25) is 0 Å².